The van der Waals surface area contributed by atoms with E-state index >= 15 is 0 Å². The molecule has 1 aliphatic heterocycles. The molecule has 1 heteroatoms. The molecule has 0 aromatic carbocycles. The fourth-order valence-electron chi connectivity index (χ4n) is 2.79. The third kappa shape index (κ3) is 3.10. The summed E-state index contributed by atoms with van der Waals surface area (Å²) in [6, 6.07) is 0.690. The molecule has 1 saturated heterocycles. The van der Waals surface area contributed by atoms with Gasteiger partial charge in [0.15, 0.2) is 0 Å². The molecule has 3 unspecified atom stereocenters. The summed E-state index contributed by atoms with van der Waals surface area (Å²) < 4.78 is 0. The third-order valence-electron chi connectivity index (χ3n) is 4.18. The van der Waals surface area contributed by atoms with Crippen LogP contribution in [0.5, 0.6) is 0 Å². The Hall–Kier alpha value is -0.820. The minimum absolute atomic E-state index is 0.690. The average molecular weight is 231 g/mol. The predicted molar refractivity (Wildman–Crippen MR) is 74.9 cm³/mol. The van der Waals surface area contributed by atoms with Crippen LogP contribution < -0.4 is 5.32 Å². The molecule has 1 aliphatic carbocycles. The molecular formula is C16H25N. The van der Waals surface area contributed by atoms with Crippen molar-refractivity contribution in [2.75, 3.05) is 6.54 Å². The normalized spacial score (nSPS) is 33.3. The van der Waals surface area contributed by atoms with Crippen LogP contribution in [-0.2, 0) is 0 Å². The van der Waals surface area contributed by atoms with Gasteiger partial charge in [0, 0.05) is 6.04 Å². The van der Waals surface area contributed by atoms with Gasteiger partial charge in [-0.25, -0.2) is 0 Å². The van der Waals surface area contributed by atoms with Gasteiger partial charge in [-0.3, -0.25) is 0 Å². The zero-order valence-electron chi connectivity index (χ0n) is 11.2. The number of allylic oxidation sites excluding steroid dienone is 4. The zero-order valence-corrected chi connectivity index (χ0v) is 11.2. The molecular weight excluding hydrogens is 206 g/mol. The second-order valence-corrected chi connectivity index (χ2v) is 5.57. The quantitative estimate of drug-likeness (QED) is 0.778. The van der Waals surface area contributed by atoms with Gasteiger partial charge in [-0.1, -0.05) is 38.7 Å². The molecule has 94 valence electrons. The van der Waals surface area contributed by atoms with E-state index in [9.17, 15) is 0 Å². The molecule has 1 fully saturated rings. The summed E-state index contributed by atoms with van der Waals surface area (Å²) in [4.78, 5) is 0. The van der Waals surface area contributed by atoms with Gasteiger partial charge >= 0.3 is 0 Å². The van der Waals surface area contributed by atoms with E-state index < -0.39 is 0 Å². The largest absolute Gasteiger partial charge is 0.313 e. The number of rotatable bonds is 3. The Kier molecular flexibility index (Phi) is 4.22. The molecule has 17 heavy (non-hydrogen) atoms. The van der Waals surface area contributed by atoms with E-state index in [4.69, 9.17) is 0 Å². The standard InChI is InChI=1S/C16H25N/c1-4-13(3)14-6-8-15(9-7-14)16-10-5-12(2)11-17-16/h6-8,12,15-17H,3-5,9-11H2,1-2H3. The van der Waals surface area contributed by atoms with Crippen molar-refractivity contribution in [1.29, 1.82) is 0 Å². The summed E-state index contributed by atoms with van der Waals surface area (Å²) in [5.41, 5.74) is 2.62. The van der Waals surface area contributed by atoms with E-state index in [-0.39, 0.29) is 0 Å². The summed E-state index contributed by atoms with van der Waals surface area (Å²) in [7, 11) is 0. The van der Waals surface area contributed by atoms with Crippen LogP contribution in [0.2, 0.25) is 0 Å². The van der Waals surface area contributed by atoms with E-state index in [2.05, 4.69) is 44.0 Å². The molecule has 0 bridgehead atoms. The van der Waals surface area contributed by atoms with Crippen molar-refractivity contribution < 1.29 is 0 Å². The van der Waals surface area contributed by atoms with Crippen molar-refractivity contribution in [2.24, 2.45) is 11.8 Å². The Bertz CT molecular complexity index is 329. The lowest BCUT2D eigenvalue weighted by atomic mass is 9.83. The summed E-state index contributed by atoms with van der Waals surface area (Å²) in [6.07, 6.45) is 12.0. The van der Waals surface area contributed by atoms with Gasteiger partial charge in [0.1, 0.15) is 0 Å². The van der Waals surface area contributed by atoms with Crippen molar-refractivity contribution in [3.05, 3.63) is 36.0 Å². The first-order valence-corrected chi connectivity index (χ1v) is 7.00. The zero-order chi connectivity index (χ0) is 12.3. The summed E-state index contributed by atoms with van der Waals surface area (Å²) in [6.45, 7) is 9.81. The van der Waals surface area contributed by atoms with E-state index in [0.29, 0.717) is 12.0 Å². The molecule has 0 radical (unpaired) electrons. The smallest absolute Gasteiger partial charge is 0.0133 e. The highest BCUT2D eigenvalue weighted by Crippen LogP contribution is 2.28. The molecule has 0 aromatic heterocycles. The van der Waals surface area contributed by atoms with Crippen LogP contribution in [0, 0.1) is 11.8 Å². The molecule has 3 atom stereocenters. The second-order valence-electron chi connectivity index (χ2n) is 5.57. The van der Waals surface area contributed by atoms with E-state index in [0.717, 1.165) is 12.3 Å². The molecule has 2 aliphatic rings. The van der Waals surface area contributed by atoms with Crippen molar-refractivity contribution >= 4 is 0 Å². The summed E-state index contributed by atoms with van der Waals surface area (Å²) in [5, 5.41) is 3.69. The van der Waals surface area contributed by atoms with Gasteiger partial charge in [-0.2, -0.15) is 0 Å². The Labute approximate surface area is 106 Å². The predicted octanol–water partition coefficient (Wildman–Crippen LogP) is 3.84. The van der Waals surface area contributed by atoms with Crippen LogP contribution in [0.25, 0.3) is 0 Å². The van der Waals surface area contributed by atoms with E-state index in [1.165, 1.54) is 37.0 Å². The second kappa shape index (κ2) is 5.68. The molecule has 0 amide bonds. The first-order valence-electron chi connectivity index (χ1n) is 7.00. The highest BCUT2D eigenvalue weighted by atomic mass is 14.9. The topological polar surface area (TPSA) is 12.0 Å². The van der Waals surface area contributed by atoms with Crippen LogP contribution in [0.4, 0.5) is 0 Å². The number of piperidine rings is 1. The maximum atomic E-state index is 4.11. The van der Waals surface area contributed by atoms with E-state index in [1.54, 1.807) is 0 Å². The minimum Gasteiger partial charge on any atom is -0.313 e. The first kappa shape index (κ1) is 12.6. The lowest BCUT2D eigenvalue weighted by molar-refractivity contribution is 0.281. The van der Waals surface area contributed by atoms with Crippen LogP contribution in [0.3, 0.4) is 0 Å². The van der Waals surface area contributed by atoms with Crippen LogP contribution in [0.15, 0.2) is 36.0 Å². The number of nitrogens with one attached hydrogen (secondary N) is 1. The fraction of sp³-hybridized carbons (Fsp3) is 0.625. The highest BCUT2D eigenvalue weighted by Gasteiger charge is 2.24. The van der Waals surface area contributed by atoms with Gasteiger partial charge in [-0.15, -0.1) is 0 Å². The van der Waals surface area contributed by atoms with Crippen LogP contribution in [-0.4, -0.2) is 12.6 Å². The number of hydrogen-bond donors (Lipinski definition) is 1. The molecule has 0 saturated carbocycles. The van der Waals surface area contributed by atoms with Crippen molar-refractivity contribution in [1.82, 2.24) is 5.32 Å². The summed E-state index contributed by atoms with van der Waals surface area (Å²) in [5.74, 6) is 1.54. The average Bonchev–Trinajstić information content (AvgIpc) is 2.39. The molecule has 1 heterocycles. The fourth-order valence-corrected chi connectivity index (χ4v) is 2.79. The van der Waals surface area contributed by atoms with Crippen LogP contribution in [0.1, 0.15) is 39.5 Å². The van der Waals surface area contributed by atoms with Gasteiger partial charge < -0.3 is 5.32 Å². The Balaban J connectivity index is 1.89. The molecule has 1 N–H and O–H groups in total. The maximum Gasteiger partial charge on any atom is 0.0133 e. The Morgan fingerprint density at radius 1 is 1.47 bits per heavy atom. The highest BCUT2D eigenvalue weighted by molar-refractivity contribution is 5.40. The van der Waals surface area contributed by atoms with Crippen molar-refractivity contribution in [3.63, 3.8) is 0 Å². The summed E-state index contributed by atoms with van der Waals surface area (Å²) >= 11 is 0. The first-order chi connectivity index (χ1) is 8.20. The maximum absolute atomic E-state index is 4.11. The molecule has 0 spiro atoms. The monoisotopic (exact) mass is 231 g/mol. The van der Waals surface area contributed by atoms with Crippen molar-refractivity contribution in [2.45, 2.75) is 45.6 Å². The third-order valence-corrected chi connectivity index (χ3v) is 4.18. The van der Waals surface area contributed by atoms with Crippen LogP contribution >= 0.6 is 0 Å². The lowest BCUT2D eigenvalue weighted by Crippen LogP contribution is -2.42. The van der Waals surface area contributed by atoms with Gasteiger partial charge in [0.05, 0.1) is 0 Å². The van der Waals surface area contributed by atoms with Gasteiger partial charge in [-0.05, 0) is 55.2 Å². The molecule has 0 aromatic rings. The minimum atomic E-state index is 0.690. The Morgan fingerprint density at radius 3 is 2.82 bits per heavy atom. The number of hydrogen-bond acceptors (Lipinski definition) is 1. The van der Waals surface area contributed by atoms with E-state index in [1.807, 2.05) is 0 Å². The molecule has 1 nitrogen and oxygen atoms in total. The lowest BCUT2D eigenvalue weighted by Gasteiger charge is -2.33. The SMILES string of the molecule is C=C(CC)C1=CCC(C2CCC(C)CN2)C=C1. The molecule has 2 rings (SSSR count). The van der Waals surface area contributed by atoms with Gasteiger partial charge in [0.2, 0.25) is 0 Å². The Morgan fingerprint density at radius 2 is 2.29 bits per heavy atom. The van der Waals surface area contributed by atoms with Gasteiger partial charge in [0.25, 0.3) is 0 Å². The van der Waals surface area contributed by atoms with Crippen molar-refractivity contribution in [3.8, 4) is 0 Å².